The summed E-state index contributed by atoms with van der Waals surface area (Å²) >= 11 is 0. The van der Waals surface area contributed by atoms with E-state index in [2.05, 4.69) is 27.0 Å². The molecule has 1 aromatic rings. The number of guanidine groups is 1. The van der Waals surface area contributed by atoms with Crippen LogP contribution in [0.5, 0.6) is 11.5 Å². The van der Waals surface area contributed by atoms with Crippen LogP contribution in [0.25, 0.3) is 0 Å². The van der Waals surface area contributed by atoms with Crippen molar-refractivity contribution in [1.29, 1.82) is 0 Å². The molecule has 1 aromatic carbocycles. The van der Waals surface area contributed by atoms with Gasteiger partial charge in [-0.15, -0.1) is 24.0 Å². The van der Waals surface area contributed by atoms with Crippen LogP contribution in [0.4, 0.5) is 0 Å². The number of hydrogen-bond acceptors (Lipinski definition) is 5. The van der Waals surface area contributed by atoms with Crippen LogP contribution >= 0.6 is 24.0 Å². The summed E-state index contributed by atoms with van der Waals surface area (Å²) in [6, 6.07) is 7.71. The fourth-order valence-electron chi connectivity index (χ4n) is 3.84. The number of halogens is 1. The first-order chi connectivity index (χ1) is 13.7. The Bertz CT molecular complexity index is 640. The minimum absolute atomic E-state index is 0. The maximum absolute atomic E-state index is 6.00. The highest BCUT2D eigenvalue weighted by Gasteiger charge is 2.27. The van der Waals surface area contributed by atoms with Gasteiger partial charge < -0.3 is 24.4 Å². The lowest BCUT2D eigenvalue weighted by Crippen LogP contribution is -2.44. The third kappa shape index (κ3) is 7.49. The maximum atomic E-state index is 6.00. The summed E-state index contributed by atoms with van der Waals surface area (Å²) in [5.41, 5.74) is 0. The second-order valence-electron chi connectivity index (χ2n) is 7.55. The highest BCUT2D eigenvalue weighted by molar-refractivity contribution is 14.0. The Morgan fingerprint density at radius 1 is 1.28 bits per heavy atom. The SMILES string of the molecule is CN=C(NCC(C)Oc1cccc(OC)c1)N1CCC(CN2CCOCC2)C1.I. The normalized spacial score (nSPS) is 21.4. The third-order valence-corrected chi connectivity index (χ3v) is 5.34. The summed E-state index contributed by atoms with van der Waals surface area (Å²) in [4.78, 5) is 9.37. The summed E-state index contributed by atoms with van der Waals surface area (Å²) in [5, 5.41) is 3.47. The average Bonchev–Trinajstić information content (AvgIpc) is 3.17. The van der Waals surface area contributed by atoms with Crippen molar-refractivity contribution in [2.24, 2.45) is 10.9 Å². The van der Waals surface area contributed by atoms with Crippen molar-refractivity contribution in [2.75, 3.05) is 66.6 Å². The molecule has 2 saturated heterocycles. The second kappa shape index (κ2) is 12.4. The van der Waals surface area contributed by atoms with E-state index in [9.17, 15) is 0 Å². The van der Waals surface area contributed by atoms with Crippen molar-refractivity contribution in [2.45, 2.75) is 19.4 Å². The van der Waals surface area contributed by atoms with Crippen LogP contribution in [0, 0.1) is 5.92 Å². The molecule has 0 saturated carbocycles. The van der Waals surface area contributed by atoms with E-state index in [-0.39, 0.29) is 30.1 Å². The predicted molar refractivity (Wildman–Crippen MR) is 127 cm³/mol. The molecule has 2 fully saturated rings. The number of methoxy groups -OCH3 is 1. The van der Waals surface area contributed by atoms with Crippen molar-refractivity contribution >= 4 is 29.9 Å². The van der Waals surface area contributed by atoms with Gasteiger partial charge in [-0.25, -0.2) is 0 Å². The molecule has 3 rings (SSSR count). The first kappa shape index (κ1) is 24.0. The highest BCUT2D eigenvalue weighted by atomic mass is 127. The summed E-state index contributed by atoms with van der Waals surface area (Å²) in [5.74, 6) is 3.28. The van der Waals surface area contributed by atoms with Crippen LogP contribution in [-0.4, -0.2) is 88.5 Å². The Morgan fingerprint density at radius 3 is 2.76 bits per heavy atom. The van der Waals surface area contributed by atoms with Crippen molar-refractivity contribution in [3.63, 3.8) is 0 Å². The van der Waals surface area contributed by atoms with E-state index >= 15 is 0 Å². The number of nitrogens with one attached hydrogen (secondary N) is 1. The van der Waals surface area contributed by atoms with E-state index in [1.807, 2.05) is 31.3 Å². The Morgan fingerprint density at radius 2 is 2.03 bits per heavy atom. The van der Waals surface area contributed by atoms with E-state index in [4.69, 9.17) is 14.2 Å². The monoisotopic (exact) mass is 518 g/mol. The van der Waals surface area contributed by atoms with Gasteiger partial charge in [0.15, 0.2) is 5.96 Å². The van der Waals surface area contributed by atoms with Crippen LogP contribution in [0.1, 0.15) is 13.3 Å². The van der Waals surface area contributed by atoms with Crippen LogP contribution in [-0.2, 0) is 4.74 Å². The highest BCUT2D eigenvalue weighted by Crippen LogP contribution is 2.20. The van der Waals surface area contributed by atoms with E-state index in [1.54, 1.807) is 7.11 Å². The molecule has 1 N–H and O–H groups in total. The van der Waals surface area contributed by atoms with Gasteiger partial charge in [-0.1, -0.05) is 6.07 Å². The van der Waals surface area contributed by atoms with Crippen molar-refractivity contribution in [3.05, 3.63) is 24.3 Å². The van der Waals surface area contributed by atoms with Crippen LogP contribution < -0.4 is 14.8 Å². The molecule has 0 aliphatic carbocycles. The molecule has 2 atom stereocenters. The molecule has 2 aliphatic heterocycles. The molecular weight excluding hydrogens is 483 g/mol. The first-order valence-electron chi connectivity index (χ1n) is 10.2. The van der Waals surface area contributed by atoms with Gasteiger partial charge in [0.1, 0.15) is 17.6 Å². The molecule has 2 heterocycles. The zero-order valence-electron chi connectivity index (χ0n) is 17.8. The van der Waals surface area contributed by atoms with Crippen molar-refractivity contribution in [1.82, 2.24) is 15.1 Å². The number of rotatable bonds is 7. The number of nitrogens with zero attached hydrogens (tertiary/aromatic N) is 3. The van der Waals surface area contributed by atoms with Gasteiger partial charge in [-0.2, -0.15) is 0 Å². The molecule has 29 heavy (non-hydrogen) atoms. The minimum Gasteiger partial charge on any atom is -0.497 e. The number of hydrogen-bond donors (Lipinski definition) is 1. The zero-order valence-corrected chi connectivity index (χ0v) is 20.1. The molecule has 2 aliphatic rings. The summed E-state index contributed by atoms with van der Waals surface area (Å²) in [6.07, 6.45) is 1.24. The molecule has 0 radical (unpaired) electrons. The van der Waals surface area contributed by atoms with Crippen molar-refractivity contribution in [3.8, 4) is 11.5 Å². The van der Waals surface area contributed by atoms with E-state index in [0.29, 0.717) is 12.5 Å². The number of ether oxygens (including phenoxy) is 3. The lowest BCUT2D eigenvalue weighted by atomic mass is 10.1. The largest absolute Gasteiger partial charge is 0.497 e. The van der Waals surface area contributed by atoms with Gasteiger partial charge >= 0.3 is 0 Å². The van der Waals surface area contributed by atoms with Gasteiger partial charge in [0.05, 0.1) is 26.9 Å². The predicted octanol–water partition coefficient (Wildman–Crippen LogP) is 2.31. The molecule has 0 bridgehead atoms. The Hall–Kier alpha value is -1.26. The number of likely N-dealkylation sites (tertiary alicyclic amines) is 1. The third-order valence-electron chi connectivity index (χ3n) is 5.34. The summed E-state index contributed by atoms with van der Waals surface area (Å²) in [7, 11) is 3.52. The van der Waals surface area contributed by atoms with Gasteiger partial charge in [-0.3, -0.25) is 9.89 Å². The molecule has 7 nitrogen and oxygen atoms in total. The smallest absolute Gasteiger partial charge is 0.193 e. The molecule has 8 heteroatoms. The molecular formula is C21H35IN4O3. The van der Waals surface area contributed by atoms with Gasteiger partial charge in [0.2, 0.25) is 0 Å². The fraction of sp³-hybridized carbons (Fsp3) is 0.667. The fourth-order valence-corrected chi connectivity index (χ4v) is 3.84. The second-order valence-corrected chi connectivity index (χ2v) is 7.55. The molecule has 2 unspecified atom stereocenters. The van der Waals surface area contributed by atoms with Crippen LogP contribution in [0.15, 0.2) is 29.3 Å². The maximum Gasteiger partial charge on any atom is 0.193 e. The number of morpholine rings is 1. The van der Waals surface area contributed by atoms with Gasteiger partial charge in [0.25, 0.3) is 0 Å². The summed E-state index contributed by atoms with van der Waals surface area (Å²) in [6.45, 7) is 9.88. The lowest BCUT2D eigenvalue weighted by molar-refractivity contribution is 0.0315. The van der Waals surface area contributed by atoms with Crippen molar-refractivity contribution < 1.29 is 14.2 Å². The topological polar surface area (TPSA) is 58.6 Å². The quantitative estimate of drug-likeness (QED) is 0.340. The number of aliphatic imine (C=N–C) groups is 1. The first-order valence-corrected chi connectivity index (χ1v) is 10.2. The molecule has 0 aromatic heterocycles. The van der Waals surface area contributed by atoms with E-state index in [0.717, 1.165) is 63.4 Å². The lowest BCUT2D eigenvalue weighted by Gasteiger charge is -2.29. The van der Waals surface area contributed by atoms with E-state index < -0.39 is 0 Å². The molecule has 0 spiro atoms. The Kier molecular flexibility index (Phi) is 10.3. The zero-order chi connectivity index (χ0) is 19.8. The van der Waals surface area contributed by atoms with Crippen LogP contribution in [0.2, 0.25) is 0 Å². The molecule has 0 amide bonds. The molecule has 164 valence electrons. The Labute approximate surface area is 191 Å². The standard InChI is InChI=1S/C21H34N4O3.HI/c1-17(28-20-6-4-5-19(13-20)26-3)14-23-21(22-2)25-8-7-18(16-25)15-24-9-11-27-12-10-24;/h4-6,13,17-18H,7-12,14-16H2,1-3H3,(H,22,23);1H. The van der Waals surface area contributed by atoms with Crippen LogP contribution in [0.3, 0.4) is 0 Å². The van der Waals surface area contributed by atoms with E-state index in [1.165, 1.54) is 6.42 Å². The summed E-state index contributed by atoms with van der Waals surface area (Å²) < 4.78 is 16.7. The minimum atomic E-state index is 0. The average molecular weight is 518 g/mol. The van der Waals surface area contributed by atoms with Gasteiger partial charge in [-0.05, 0) is 31.4 Å². The number of benzene rings is 1. The Balaban J connectivity index is 0.00000300. The van der Waals surface area contributed by atoms with Gasteiger partial charge in [0, 0.05) is 45.8 Å².